The van der Waals surface area contributed by atoms with Crippen molar-refractivity contribution in [2.75, 3.05) is 16.8 Å². The third-order valence-electron chi connectivity index (χ3n) is 7.74. The van der Waals surface area contributed by atoms with Crippen LogP contribution in [-0.4, -0.2) is 50.4 Å². The van der Waals surface area contributed by atoms with E-state index in [2.05, 4.69) is 64.3 Å². The standard InChI is InChI=1S/C28H30N8O2S/c1-17(2)22-6-7-25(35-15-19(8-10-29)18(35)3)24-14-31-27(12-23(22)24)33-26-9-11-30-28(34-26)20-13-32-36(16-20)39(37,38)21-4-5-21/h6-7,9,11-14,16-19,21H,4-5,8,15H2,1-3H3,(H,30,31,33,34)/t18-,19+/m1/s1. The molecule has 2 aliphatic rings. The van der Waals surface area contributed by atoms with E-state index >= 15 is 0 Å². The van der Waals surface area contributed by atoms with Gasteiger partial charge in [0.2, 0.25) is 0 Å². The summed E-state index contributed by atoms with van der Waals surface area (Å²) in [5, 5.41) is 18.3. The number of nitrogens with zero attached hydrogens (tertiary/aromatic N) is 7. The molecule has 0 spiro atoms. The van der Waals surface area contributed by atoms with Crippen molar-refractivity contribution in [3.8, 4) is 17.5 Å². The van der Waals surface area contributed by atoms with Gasteiger partial charge in [-0.25, -0.2) is 23.4 Å². The summed E-state index contributed by atoms with van der Waals surface area (Å²) in [6.07, 6.45) is 8.38. The van der Waals surface area contributed by atoms with Crippen molar-refractivity contribution < 1.29 is 8.42 Å². The number of anilines is 3. The Balaban J connectivity index is 1.29. The van der Waals surface area contributed by atoms with Crippen LogP contribution in [-0.2, 0) is 10.0 Å². The zero-order chi connectivity index (χ0) is 27.3. The maximum atomic E-state index is 12.5. The SMILES string of the molecule is CC(C)c1ccc(N2C[C@H](CC#N)[C@H]2C)c2cnc(Nc3ccnc(-c4cnn(S(=O)(=O)C5CC5)c4)n3)cc12. The molecule has 6 rings (SSSR count). The maximum absolute atomic E-state index is 12.5. The summed E-state index contributed by atoms with van der Waals surface area (Å²) in [4.78, 5) is 16.0. The van der Waals surface area contributed by atoms with Gasteiger partial charge in [-0.2, -0.15) is 14.4 Å². The molecule has 11 heteroatoms. The van der Waals surface area contributed by atoms with Gasteiger partial charge in [0.1, 0.15) is 11.6 Å². The number of rotatable bonds is 8. The van der Waals surface area contributed by atoms with Crippen LogP contribution in [0.4, 0.5) is 17.3 Å². The smallest absolute Gasteiger partial charge is 0.256 e. The van der Waals surface area contributed by atoms with Crippen LogP contribution in [0.2, 0.25) is 0 Å². The third kappa shape index (κ3) is 4.59. The van der Waals surface area contributed by atoms with E-state index in [0.717, 1.165) is 27.1 Å². The number of nitrogens with one attached hydrogen (secondary N) is 1. The molecule has 39 heavy (non-hydrogen) atoms. The van der Waals surface area contributed by atoms with Crippen molar-refractivity contribution in [1.29, 1.82) is 5.26 Å². The molecule has 1 saturated carbocycles. The van der Waals surface area contributed by atoms with Gasteiger partial charge in [-0.3, -0.25) is 0 Å². The number of hydrogen-bond donors (Lipinski definition) is 1. The molecule has 0 radical (unpaired) electrons. The van der Waals surface area contributed by atoms with Gasteiger partial charge in [0.05, 0.1) is 29.3 Å². The maximum Gasteiger partial charge on any atom is 0.256 e. The number of benzene rings is 1. The Bertz CT molecular complexity index is 1700. The Morgan fingerprint density at radius 1 is 1.13 bits per heavy atom. The average molecular weight is 543 g/mol. The van der Waals surface area contributed by atoms with Crippen LogP contribution >= 0.6 is 0 Å². The van der Waals surface area contributed by atoms with E-state index in [-0.39, 0.29) is 5.25 Å². The molecule has 2 atom stereocenters. The molecular formula is C28H30N8O2S. The fourth-order valence-corrected chi connectivity index (χ4v) is 6.68. The van der Waals surface area contributed by atoms with E-state index in [4.69, 9.17) is 10.2 Å². The molecule has 0 unspecified atom stereocenters. The minimum atomic E-state index is -3.45. The van der Waals surface area contributed by atoms with Crippen molar-refractivity contribution in [2.24, 2.45) is 5.92 Å². The summed E-state index contributed by atoms with van der Waals surface area (Å²) in [5.41, 5.74) is 2.89. The Morgan fingerprint density at radius 2 is 1.95 bits per heavy atom. The zero-order valence-corrected chi connectivity index (χ0v) is 22.9. The van der Waals surface area contributed by atoms with Crippen LogP contribution in [0.5, 0.6) is 0 Å². The van der Waals surface area contributed by atoms with E-state index in [1.165, 1.54) is 18.0 Å². The van der Waals surface area contributed by atoms with E-state index in [1.807, 2.05) is 12.3 Å². The molecule has 4 aromatic rings. The van der Waals surface area contributed by atoms with Crippen molar-refractivity contribution in [3.63, 3.8) is 0 Å². The number of fused-ring (bicyclic) bond motifs is 1. The summed E-state index contributed by atoms with van der Waals surface area (Å²) >= 11 is 0. The van der Waals surface area contributed by atoms with E-state index in [0.29, 0.717) is 60.2 Å². The number of nitriles is 1. The molecule has 4 heterocycles. The van der Waals surface area contributed by atoms with Crippen molar-refractivity contribution in [2.45, 2.75) is 57.2 Å². The summed E-state index contributed by atoms with van der Waals surface area (Å²) in [7, 11) is -3.45. The normalized spacial score (nSPS) is 19.2. The van der Waals surface area contributed by atoms with Crippen LogP contribution in [0.1, 0.15) is 51.5 Å². The molecular weight excluding hydrogens is 512 g/mol. The number of pyridine rings is 1. The molecule has 1 aliphatic heterocycles. The Kier molecular flexibility index (Phi) is 6.22. The average Bonchev–Trinajstić information content (AvgIpc) is 3.67. The summed E-state index contributed by atoms with van der Waals surface area (Å²) in [6, 6.07) is 10.8. The second kappa shape index (κ2) is 9.61. The molecule has 1 aromatic carbocycles. The zero-order valence-electron chi connectivity index (χ0n) is 22.1. The lowest BCUT2D eigenvalue weighted by atomic mass is 9.85. The minimum absolute atomic E-state index is 0.304. The third-order valence-corrected chi connectivity index (χ3v) is 9.77. The monoisotopic (exact) mass is 542 g/mol. The highest BCUT2D eigenvalue weighted by Crippen LogP contribution is 2.40. The minimum Gasteiger partial charge on any atom is -0.368 e. The number of aromatic nitrogens is 5. The van der Waals surface area contributed by atoms with Crippen LogP contribution in [0.25, 0.3) is 22.2 Å². The van der Waals surface area contributed by atoms with E-state index < -0.39 is 10.0 Å². The lowest BCUT2D eigenvalue weighted by Crippen LogP contribution is -2.54. The highest BCUT2D eigenvalue weighted by Gasteiger charge is 2.38. The van der Waals surface area contributed by atoms with Crippen molar-refractivity contribution in [3.05, 3.63) is 54.6 Å². The van der Waals surface area contributed by atoms with Crippen LogP contribution < -0.4 is 10.2 Å². The predicted molar refractivity (Wildman–Crippen MR) is 150 cm³/mol. The summed E-state index contributed by atoms with van der Waals surface area (Å²) in [5.74, 6) is 2.28. The van der Waals surface area contributed by atoms with E-state index in [1.54, 1.807) is 12.3 Å². The molecule has 1 N–H and O–H groups in total. The highest BCUT2D eigenvalue weighted by molar-refractivity contribution is 7.90. The van der Waals surface area contributed by atoms with Crippen LogP contribution in [0.3, 0.4) is 0 Å². The van der Waals surface area contributed by atoms with Gasteiger partial charge >= 0.3 is 0 Å². The highest BCUT2D eigenvalue weighted by atomic mass is 32.2. The fraction of sp³-hybridized carbons (Fsp3) is 0.393. The Hall–Kier alpha value is -4.04. The number of hydrogen-bond acceptors (Lipinski definition) is 9. The quantitative estimate of drug-likeness (QED) is 0.332. The van der Waals surface area contributed by atoms with Gasteiger partial charge in [0.25, 0.3) is 10.0 Å². The van der Waals surface area contributed by atoms with Gasteiger partial charge in [-0.1, -0.05) is 19.9 Å². The van der Waals surface area contributed by atoms with Gasteiger partial charge in [-0.05, 0) is 54.8 Å². The van der Waals surface area contributed by atoms with E-state index in [9.17, 15) is 8.42 Å². The first-order valence-corrected chi connectivity index (χ1v) is 14.7. The first-order valence-electron chi connectivity index (χ1n) is 13.2. The molecule has 0 bridgehead atoms. The molecule has 1 aliphatic carbocycles. The van der Waals surface area contributed by atoms with Gasteiger partial charge in [0, 0.05) is 48.4 Å². The molecule has 0 amide bonds. The summed E-state index contributed by atoms with van der Waals surface area (Å²) < 4.78 is 26.0. The molecule has 2 fully saturated rings. The largest absolute Gasteiger partial charge is 0.368 e. The van der Waals surface area contributed by atoms with Crippen LogP contribution in [0, 0.1) is 17.2 Å². The lowest BCUT2D eigenvalue weighted by molar-refractivity contribution is 0.318. The van der Waals surface area contributed by atoms with Gasteiger partial charge < -0.3 is 10.2 Å². The lowest BCUT2D eigenvalue weighted by Gasteiger charge is -2.48. The van der Waals surface area contributed by atoms with Gasteiger partial charge in [0.15, 0.2) is 5.82 Å². The molecule has 200 valence electrons. The molecule has 3 aromatic heterocycles. The Morgan fingerprint density at radius 3 is 2.67 bits per heavy atom. The van der Waals surface area contributed by atoms with Crippen molar-refractivity contribution in [1.82, 2.24) is 24.1 Å². The second-order valence-corrected chi connectivity index (χ2v) is 12.8. The first kappa shape index (κ1) is 25.2. The topological polar surface area (TPSA) is 130 Å². The predicted octanol–water partition coefficient (Wildman–Crippen LogP) is 4.83. The fourth-order valence-electron chi connectivity index (χ4n) is 5.20. The molecule has 10 nitrogen and oxygen atoms in total. The van der Waals surface area contributed by atoms with Gasteiger partial charge in [-0.15, -0.1) is 0 Å². The summed E-state index contributed by atoms with van der Waals surface area (Å²) in [6.45, 7) is 7.40. The van der Waals surface area contributed by atoms with Crippen molar-refractivity contribution >= 4 is 38.1 Å². The Labute approximate surface area is 227 Å². The second-order valence-electron chi connectivity index (χ2n) is 10.7. The first-order chi connectivity index (χ1) is 18.8. The molecule has 1 saturated heterocycles. The van der Waals surface area contributed by atoms with Crippen LogP contribution in [0.15, 0.2) is 49.1 Å².